The van der Waals surface area contributed by atoms with Crippen LogP contribution in [0.2, 0.25) is 0 Å². The van der Waals surface area contributed by atoms with E-state index in [1.54, 1.807) is 0 Å². The molecule has 0 radical (unpaired) electrons. The van der Waals surface area contributed by atoms with E-state index in [0.29, 0.717) is 29.0 Å². The van der Waals surface area contributed by atoms with Crippen LogP contribution < -0.4 is 0 Å². The van der Waals surface area contributed by atoms with Crippen LogP contribution in [0.3, 0.4) is 0 Å². The maximum Gasteiger partial charge on any atom is 0.416 e. The minimum absolute atomic E-state index is 0.0556. The lowest BCUT2D eigenvalue weighted by atomic mass is 9.99. The second kappa shape index (κ2) is 6.58. The van der Waals surface area contributed by atoms with Crippen molar-refractivity contribution in [3.63, 3.8) is 0 Å². The Kier molecular flexibility index (Phi) is 4.32. The summed E-state index contributed by atoms with van der Waals surface area (Å²) < 4.78 is 107. The molecular formula is C20H13F6N3O2S. The number of nitrogens with one attached hydrogen (secondary N) is 1. The zero-order valence-electron chi connectivity index (χ0n) is 15.9. The Hall–Kier alpha value is -2.86. The predicted molar refractivity (Wildman–Crippen MR) is 98.8 cm³/mol. The number of benzene rings is 2. The zero-order valence-corrected chi connectivity index (χ0v) is 16.7. The average Bonchev–Trinajstić information content (AvgIpc) is 3.28. The number of halogens is 6. The maximum absolute atomic E-state index is 13.5. The third-order valence-electron chi connectivity index (χ3n) is 5.83. The predicted octanol–water partition coefficient (Wildman–Crippen LogP) is 4.84. The first-order valence-corrected chi connectivity index (χ1v) is 10.8. The molecule has 0 fully saturated rings. The van der Waals surface area contributed by atoms with E-state index in [-0.39, 0.29) is 16.9 Å². The van der Waals surface area contributed by atoms with Crippen molar-refractivity contribution in [2.24, 2.45) is 0 Å². The van der Waals surface area contributed by atoms with Gasteiger partial charge in [0.1, 0.15) is 0 Å². The summed E-state index contributed by atoms with van der Waals surface area (Å²) in [6.07, 6.45) is -7.78. The highest BCUT2D eigenvalue weighted by atomic mass is 32.2. The van der Waals surface area contributed by atoms with Crippen molar-refractivity contribution in [1.82, 2.24) is 14.5 Å². The summed E-state index contributed by atoms with van der Waals surface area (Å²) in [5.41, 5.74) is -0.215. The number of sulfonamides is 1. The van der Waals surface area contributed by atoms with E-state index < -0.39 is 45.6 Å². The monoisotopic (exact) mass is 473 g/mol. The molecule has 2 bridgehead atoms. The lowest BCUT2D eigenvalue weighted by molar-refractivity contribution is -0.138. The van der Waals surface area contributed by atoms with E-state index in [0.717, 1.165) is 28.6 Å². The van der Waals surface area contributed by atoms with Gasteiger partial charge in [0.05, 0.1) is 34.3 Å². The largest absolute Gasteiger partial charge is 0.416 e. The molecule has 0 aliphatic carbocycles. The Morgan fingerprint density at radius 2 is 1.50 bits per heavy atom. The van der Waals surface area contributed by atoms with Gasteiger partial charge in [-0.15, -0.1) is 0 Å². The van der Waals surface area contributed by atoms with Crippen LogP contribution in [-0.4, -0.2) is 22.9 Å². The van der Waals surface area contributed by atoms with Crippen LogP contribution in [0.25, 0.3) is 0 Å². The van der Waals surface area contributed by atoms with Crippen LogP contribution in [0.5, 0.6) is 0 Å². The Balaban J connectivity index is 1.64. The molecule has 2 aliphatic rings. The Morgan fingerprint density at radius 3 is 2.12 bits per heavy atom. The average molecular weight is 473 g/mol. The molecule has 5 nitrogen and oxygen atoms in total. The number of fused-ring (bicyclic) bond motifs is 7. The Labute approximate surface area is 177 Å². The molecule has 0 saturated carbocycles. The molecule has 3 heterocycles. The van der Waals surface area contributed by atoms with Gasteiger partial charge in [-0.25, -0.2) is 8.42 Å². The fourth-order valence-electron chi connectivity index (χ4n) is 4.41. The van der Waals surface area contributed by atoms with Crippen molar-refractivity contribution < 1.29 is 34.8 Å². The second-order valence-electron chi connectivity index (χ2n) is 7.62. The summed E-state index contributed by atoms with van der Waals surface area (Å²) in [7, 11) is -4.35. The summed E-state index contributed by atoms with van der Waals surface area (Å²) >= 11 is 0. The van der Waals surface area contributed by atoms with E-state index in [1.807, 2.05) is 0 Å². The van der Waals surface area contributed by atoms with Crippen LogP contribution in [0, 0.1) is 0 Å². The van der Waals surface area contributed by atoms with E-state index in [4.69, 9.17) is 0 Å². The van der Waals surface area contributed by atoms with Gasteiger partial charge in [-0.1, -0.05) is 6.07 Å². The van der Waals surface area contributed by atoms with Crippen molar-refractivity contribution in [1.29, 1.82) is 0 Å². The SMILES string of the molecule is O=S(=O)(c1ccc(C(F)(F)F)cc1)N1[C@@H]2c3ccc(C(F)(F)F)cc3[C@H]1Cc1[nH]ncc12. The van der Waals surface area contributed by atoms with Crippen molar-refractivity contribution >= 4 is 10.0 Å². The standard InChI is InChI=1S/C20H13F6N3O2S/c21-19(22,23)10-1-4-12(5-2-10)32(30,31)29-17-8-16-15(9-27-28-16)18(29)13-6-3-11(7-14(13)17)20(24,25)26/h1-7,9,17-18H,8H2,(H,27,28)/t17-,18-/m1/s1. The van der Waals surface area contributed by atoms with E-state index >= 15 is 0 Å². The highest BCUT2D eigenvalue weighted by Crippen LogP contribution is 2.54. The smallest absolute Gasteiger partial charge is 0.282 e. The zero-order chi connectivity index (χ0) is 23.1. The van der Waals surface area contributed by atoms with Gasteiger partial charge in [0.15, 0.2) is 0 Å². The molecule has 12 heteroatoms. The number of nitrogens with zero attached hydrogens (tertiary/aromatic N) is 2. The summed E-state index contributed by atoms with van der Waals surface area (Å²) in [4.78, 5) is -0.378. The molecule has 5 rings (SSSR count). The molecule has 32 heavy (non-hydrogen) atoms. The van der Waals surface area contributed by atoms with Gasteiger partial charge in [-0.3, -0.25) is 5.10 Å². The number of rotatable bonds is 2. The van der Waals surface area contributed by atoms with Crippen LogP contribution in [-0.2, 0) is 28.8 Å². The first-order valence-electron chi connectivity index (χ1n) is 9.33. The van der Waals surface area contributed by atoms with E-state index in [1.165, 1.54) is 12.3 Å². The molecule has 0 spiro atoms. The fraction of sp³-hybridized carbons (Fsp3) is 0.250. The van der Waals surface area contributed by atoms with Crippen LogP contribution in [0.15, 0.2) is 53.6 Å². The van der Waals surface area contributed by atoms with Gasteiger partial charge in [-0.2, -0.15) is 35.7 Å². The molecule has 168 valence electrons. The number of aromatic nitrogens is 2. The molecule has 0 amide bonds. The van der Waals surface area contributed by atoms with Crippen LogP contribution in [0.4, 0.5) is 26.3 Å². The van der Waals surface area contributed by atoms with Gasteiger partial charge in [-0.05, 0) is 47.5 Å². The van der Waals surface area contributed by atoms with E-state index in [2.05, 4.69) is 10.2 Å². The summed E-state index contributed by atoms with van der Waals surface area (Å²) in [6, 6.07) is 4.22. The molecule has 2 atom stereocenters. The van der Waals surface area contributed by atoms with Crippen LogP contribution in [0.1, 0.15) is 45.6 Å². The van der Waals surface area contributed by atoms with Gasteiger partial charge >= 0.3 is 12.4 Å². The van der Waals surface area contributed by atoms with Crippen molar-refractivity contribution in [2.75, 3.05) is 0 Å². The number of aromatic amines is 1. The lowest BCUT2D eigenvalue weighted by Crippen LogP contribution is -2.37. The molecule has 1 N–H and O–H groups in total. The molecule has 2 aromatic carbocycles. The molecular weight excluding hydrogens is 460 g/mol. The minimum Gasteiger partial charge on any atom is -0.282 e. The number of H-pyrrole nitrogens is 1. The lowest BCUT2D eigenvalue weighted by Gasteiger charge is -2.33. The maximum atomic E-state index is 13.5. The van der Waals surface area contributed by atoms with Crippen LogP contribution >= 0.6 is 0 Å². The van der Waals surface area contributed by atoms with Crippen molar-refractivity contribution in [2.45, 2.75) is 35.8 Å². The third-order valence-corrected chi connectivity index (χ3v) is 7.72. The molecule has 0 saturated heterocycles. The summed E-state index contributed by atoms with van der Waals surface area (Å²) in [5, 5.41) is 6.68. The van der Waals surface area contributed by atoms with Gasteiger partial charge in [0.25, 0.3) is 0 Å². The summed E-state index contributed by atoms with van der Waals surface area (Å²) in [6.45, 7) is 0. The first-order chi connectivity index (χ1) is 14.9. The summed E-state index contributed by atoms with van der Waals surface area (Å²) in [5.74, 6) is 0. The second-order valence-corrected chi connectivity index (χ2v) is 9.47. The molecule has 2 aliphatic heterocycles. The minimum atomic E-state index is -4.64. The molecule has 0 unspecified atom stereocenters. The Bertz CT molecular complexity index is 1310. The third kappa shape index (κ3) is 3.04. The van der Waals surface area contributed by atoms with Gasteiger partial charge in [0.2, 0.25) is 10.0 Å². The first kappa shape index (κ1) is 21.0. The highest BCUT2D eigenvalue weighted by Gasteiger charge is 2.51. The van der Waals surface area contributed by atoms with Gasteiger partial charge < -0.3 is 0 Å². The van der Waals surface area contributed by atoms with Gasteiger partial charge in [0, 0.05) is 17.7 Å². The topological polar surface area (TPSA) is 66.1 Å². The number of hydrogen-bond acceptors (Lipinski definition) is 3. The highest BCUT2D eigenvalue weighted by molar-refractivity contribution is 7.89. The molecule has 3 aromatic rings. The quantitative estimate of drug-likeness (QED) is 0.542. The van der Waals surface area contributed by atoms with Crippen molar-refractivity contribution in [3.05, 3.63) is 82.2 Å². The number of alkyl halides is 6. The fourth-order valence-corrected chi connectivity index (χ4v) is 6.16. The van der Waals surface area contributed by atoms with E-state index in [9.17, 15) is 34.8 Å². The molecule has 1 aromatic heterocycles. The number of hydrogen-bond donors (Lipinski definition) is 1. The normalized spacial score (nSPS) is 20.8. The van der Waals surface area contributed by atoms with Crippen molar-refractivity contribution in [3.8, 4) is 0 Å². The Morgan fingerprint density at radius 1 is 0.875 bits per heavy atom.